The Bertz CT molecular complexity index is 1010. The van der Waals surface area contributed by atoms with Gasteiger partial charge in [-0.3, -0.25) is 14.6 Å². The SMILES string of the molecule is Cc1ccc(-c2nc(C)c(C(=O)N3CCN(C(=O)c4cnccn4)CC3)s2)o1. The van der Waals surface area contributed by atoms with Crippen molar-refractivity contribution in [2.24, 2.45) is 0 Å². The summed E-state index contributed by atoms with van der Waals surface area (Å²) < 4.78 is 5.61. The zero-order valence-electron chi connectivity index (χ0n) is 15.6. The molecular formula is C19H19N5O3S. The van der Waals surface area contributed by atoms with Gasteiger partial charge in [-0.1, -0.05) is 0 Å². The van der Waals surface area contributed by atoms with Crippen molar-refractivity contribution in [2.45, 2.75) is 13.8 Å². The zero-order chi connectivity index (χ0) is 19.7. The predicted molar refractivity (Wildman–Crippen MR) is 103 cm³/mol. The fourth-order valence-electron chi connectivity index (χ4n) is 3.08. The van der Waals surface area contributed by atoms with Crippen LogP contribution in [-0.4, -0.2) is 62.7 Å². The second kappa shape index (κ2) is 7.51. The van der Waals surface area contributed by atoms with Crippen LogP contribution in [0.5, 0.6) is 0 Å². The van der Waals surface area contributed by atoms with Crippen molar-refractivity contribution < 1.29 is 14.0 Å². The maximum atomic E-state index is 13.0. The van der Waals surface area contributed by atoms with Gasteiger partial charge in [-0.2, -0.15) is 0 Å². The van der Waals surface area contributed by atoms with Gasteiger partial charge in [-0.15, -0.1) is 11.3 Å². The fourth-order valence-corrected chi connectivity index (χ4v) is 4.07. The first-order valence-electron chi connectivity index (χ1n) is 8.91. The van der Waals surface area contributed by atoms with Crippen molar-refractivity contribution in [1.29, 1.82) is 0 Å². The molecule has 1 aliphatic heterocycles. The van der Waals surface area contributed by atoms with E-state index >= 15 is 0 Å². The van der Waals surface area contributed by atoms with Gasteiger partial charge in [-0.25, -0.2) is 9.97 Å². The lowest BCUT2D eigenvalue weighted by molar-refractivity contribution is 0.0534. The van der Waals surface area contributed by atoms with E-state index in [-0.39, 0.29) is 11.8 Å². The van der Waals surface area contributed by atoms with Crippen LogP contribution in [0.4, 0.5) is 0 Å². The number of aryl methyl sites for hydroxylation is 2. The molecule has 0 atom stereocenters. The summed E-state index contributed by atoms with van der Waals surface area (Å²) in [6.07, 6.45) is 4.49. The first-order valence-corrected chi connectivity index (χ1v) is 9.73. The van der Waals surface area contributed by atoms with Gasteiger partial charge in [0.2, 0.25) is 0 Å². The molecule has 9 heteroatoms. The minimum Gasteiger partial charge on any atom is -0.459 e. The van der Waals surface area contributed by atoms with Gasteiger partial charge in [0.1, 0.15) is 16.3 Å². The van der Waals surface area contributed by atoms with E-state index in [2.05, 4.69) is 15.0 Å². The van der Waals surface area contributed by atoms with Gasteiger partial charge in [0.15, 0.2) is 10.8 Å². The molecule has 144 valence electrons. The van der Waals surface area contributed by atoms with Gasteiger partial charge in [0.05, 0.1) is 11.9 Å². The van der Waals surface area contributed by atoms with Crippen LogP contribution in [0.3, 0.4) is 0 Å². The fraction of sp³-hybridized carbons (Fsp3) is 0.316. The second-order valence-corrected chi connectivity index (χ2v) is 7.52. The monoisotopic (exact) mass is 397 g/mol. The number of carbonyl (C=O) groups is 2. The van der Waals surface area contributed by atoms with E-state index < -0.39 is 0 Å². The number of amides is 2. The first kappa shape index (κ1) is 18.3. The van der Waals surface area contributed by atoms with E-state index in [0.717, 1.165) is 5.76 Å². The third-order valence-electron chi connectivity index (χ3n) is 4.58. The summed E-state index contributed by atoms with van der Waals surface area (Å²) in [6, 6.07) is 3.74. The maximum Gasteiger partial charge on any atom is 0.274 e. The van der Waals surface area contributed by atoms with Gasteiger partial charge in [0.25, 0.3) is 11.8 Å². The van der Waals surface area contributed by atoms with E-state index in [4.69, 9.17) is 4.42 Å². The number of rotatable bonds is 3. The van der Waals surface area contributed by atoms with Crippen molar-refractivity contribution in [3.05, 3.63) is 52.7 Å². The smallest absolute Gasteiger partial charge is 0.274 e. The van der Waals surface area contributed by atoms with Crippen LogP contribution in [0.2, 0.25) is 0 Å². The highest BCUT2D eigenvalue weighted by Crippen LogP contribution is 2.30. The second-order valence-electron chi connectivity index (χ2n) is 6.52. The topological polar surface area (TPSA) is 92.4 Å². The average Bonchev–Trinajstić information content (AvgIpc) is 3.33. The maximum absolute atomic E-state index is 13.0. The molecule has 4 heterocycles. The summed E-state index contributed by atoms with van der Waals surface area (Å²) in [5.41, 5.74) is 1.01. The lowest BCUT2D eigenvalue weighted by Crippen LogP contribution is -2.50. The molecule has 0 spiro atoms. The number of nitrogens with zero attached hydrogens (tertiary/aromatic N) is 5. The van der Waals surface area contributed by atoms with E-state index in [1.54, 1.807) is 9.80 Å². The van der Waals surface area contributed by atoms with Crippen LogP contribution in [0, 0.1) is 13.8 Å². The molecule has 1 fully saturated rings. The van der Waals surface area contributed by atoms with Crippen molar-refractivity contribution in [3.8, 4) is 10.8 Å². The van der Waals surface area contributed by atoms with Gasteiger partial charge in [0, 0.05) is 38.6 Å². The summed E-state index contributed by atoms with van der Waals surface area (Å²) in [4.78, 5) is 42.0. The van der Waals surface area contributed by atoms with E-state index in [0.29, 0.717) is 53.2 Å². The molecule has 3 aromatic heterocycles. The minimum absolute atomic E-state index is 0.0591. The Hall–Kier alpha value is -3.07. The van der Waals surface area contributed by atoms with Gasteiger partial charge >= 0.3 is 0 Å². The normalized spacial score (nSPS) is 14.4. The van der Waals surface area contributed by atoms with Crippen molar-refractivity contribution in [1.82, 2.24) is 24.8 Å². The summed E-state index contributed by atoms with van der Waals surface area (Å²) in [7, 11) is 0. The molecule has 3 aromatic rings. The van der Waals surface area contributed by atoms with Crippen molar-refractivity contribution >= 4 is 23.2 Å². The third kappa shape index (κ3) is 3.53. The molecule has 0 aromatic carbocycles. The number of aromatic nitrogens is 3. The Labute approximate surface area is 165 Å². The summed E-state index contributed by atoms with van der Waals surface area (Å²) in [6.45, 7) is 5.57. The molecule has 8 nitrogen and oxygen atoms in total. The Morgan fingerprint density at radius 1 is 1.04 bits per heavy atom. The molecule has 0 N–H and O–H groups in total. The summed E-state index contributed by atoms with van der Waals surface area (Å²) in [5.74, 6) is 1.25. The number of thiazole rings is 1. The Morgan fingerprint density at radius 3 is 2.36 bits per heavy atom. The summed E-state index contributed by atoms with van der Waals surface area (Å²) in [5, 5.41) is 0.699. The number of hydrogen-bond donors (Lipinski definition) is 0. The molecule has 0 unspecified atom stereocenters. The largest absolute Gasteiger partial charge is 0.459 e. The van der Waals surface area contributed by atoms with Crippen LogP contribution in [0.1, 0.15) is 31.6 Å². The van der Waals surface area contributed by atoms with Crippen LogP contribution < -0.4 is 0 Å². The van der Waals surface area contributed by atoms with Crippen LogP contribution in [0.15, 0.2) is 35.1 Å². The highest BCUT2D eigenvalue weighted by atomic mass is 32.1. The number of furan rings is 1. The van der Waals surface area contributed by atoms with Crippen LogP contribution in [-0.2, 0) is 0 Å². The molecular weight excluding hydrogens is 378 g/mol. The Kier molecular flexibility index (Phi) is 4.91. The standard InChI is InChI=1S/C19H19N5O3S/c1-12-3-4-15(27-12)17-22-13(2)16(28-17)19(26)24-9-7-23(8-10-24)18(25)14-11-20-5-6-21-14/h3-6,11H,7-10H2,1-2H3. The van der Waals surface area contributed by atoms with E-state index in [9.17, 15) is 9.59 Å². The highest BCUT2D eigenvalue weighted by Gasteiger charge is 2.28. The number of carbonyl (C=O) groups excluding carboxylic acids is 2. The molecule has 2 amide bonds. The Morgan fingerprint density at radius 2 is 1.75 bits per heavy atom. The minimum atomic E-state index is -0.162. The lowest BCUT2D eigenvalue weighted by atomic mass is 10.2. The molecule has 0 saturated carbocycles. The molecule has 0 radical (unpaired) electrons. The molecule has 0 bridgehead atoms. The molecule has 4 rings (SSSR count). The van der Waals surface area contributed by atoms with Crippen molar-refractivity contribution in [3.63, 3.8) is 0 Å². The molecule has 1 saturated heterocycles. The van der Waals surface area contributed by atoms with E-state index in [1.165, 1.54) is 29.9 Å². The van der Waals surface area contributed by atoms with Crippen molar-refractivity contribution in [2.75, 3.05) is 26.2 Å². The number of hydrogen-bond acceptors (Lipinski definition) is 7. The predicted octanol–water partition coefficient (Wildman–Crippen LogP) is 2.41. The highest BCUT2D eigenvalue weighted by molar-refractivity contribution is 7.17. The van der Waals surface area contributed by atoms with Gasteiger partial charge < -0.3 is 14.2 Å². The van der Waals surface area contributed by atoms with E-state index in [1.807, 2.05) is 26.0 Å². The summed E-state index contributed by atoms with van der Waals surface area (Å²) >= 11 is 1.34. The molecule has 28 heavy (non-hydrogen) atoms. The van der Waals surface area contributed by atoms with Crippen LogP contribution in [0.25, 0.3) is 10.8 Å². The first-order chi connectivity index (χ1) is 13.5. The third-order valence-corrected chi connectivity index (χ3v) is 5.74. The van der Waals surface area contributed by atoms with Crippen LogP contribution >= 0.6 is 11.3 Å². The van der Waals surface area contributed by atoms with Gasteiger partial charge in [-0.05, 0) is 26.0 Å². The Balaban J connectivity index is 1.43. The molecule has 1 aliphatic rings. The quantitative estimate of drug-likeness (QED) is 0.674. The zero-order valence-corrected chi connectivity index (χ0v) is 16.4. The average molecular weight is 397 g/mol. The lowest BCUT2D eigenvalue weighted by Gasteiger charge is -2.34. The molecule has 0 aliphatic carbocycles. The number of piperazine rings is 1.